The van der Waals surface area contributed by atoms with Crippen LogP contribution in [0.2, 0.25) is 5.02 Å². The van der Waals surface area contributed by atoms with Crippen molar-refractivity contribution in [3.05, 3.63) is 44.9 Å². The van der Waals surface area contributed by atoms with E-state index in [1.54, 1.807) is 0 Å². The predicted molar refractivity (Wildman–Crippen MR) is 75.2 cm³/mol. The number of nitrogens with zero attached hydrogens (tertiary/aromatic N) is 1. The van der Waals surface area contributed by atoms with E-state index in [1.165, 1.54) is 23.5 Å². The summed E-state index contributed by atoms with van der Waals surface area (Å²) in [5.41, 5.74) is 5.84. The monoisotopic (exact) mass is 320 g/mol. The molecule has 0 radical (unpaired) electrons. The molecule has 1 aromatic heterocycles. The maximum absolute atomic E-state index is 13.0. The Balaban J connectivity index is 2.43. The molecule has 0 spiro atoms. The Morgan fingerprint density at radius 2 is 2.05 bits per heavy atom. The van der Waals surface area contributed by atoms with Gasteiger partial charge in [0.2, 0.25) is 0 Å². The second kappa shape index (κ2) is 5.61. The standard InChI is InChI=1S/C13H12ClF3N2S/c1-2-10-11(20-12(18)19-10)5-7-3-4-8(14)6-9(7)13(15,16)17/h3-4,6H,2,5H2,1H3,(H2,18,19). The summed E-state index contributed by atoms with van der Waals surface area (Å²) >= 11 is 6.88. The molecule has 0 unspecified atom stereocenters. The van der Waals surface area contributed by atoms with Gasteiger partial charge in [-0.05, 0) is 24.1 Å². The number of alkyl halides is 3. The summed E-state index contributed by atoms with van der Waals surface area (Å²) in [7, 11) is 0. The van der Waals surface area contributed by atoms with E-state index in [2.05, 4.69) is 4.98 Å². The van der Waals surface area contributed by atoms with Crippen LogP contribution in [-0.2, 0) is 19.0 Å². The second-order valence-electron chi connectivity index (χ2n) is 4.25. The quantitative estimate of drug-likeness (QED) is 0.901. The third-order valence-electron chi connectivity index (χ3n) is 2.86. The van der Waals surface area contributed by atoms with Crippen molar-refractivity contribution in [2.75, 3.05) is 5.73 Å². The minimum Gasteiger partial charge on any atom is -0.375 e. The summed E-state index contributed by atoms with van der Waals surface area (Å²) in [4.78, 5) is 4.89. The van der Waals surface area contributed by atoms with Crippen LogP contribution in [0.4, 0.5) is 18.3 Å². The Labute approximate surface area is 123 Å². The largest absolute Gasteiger partial charge is 0.416 e. The van der Waals surface area contributed by atoms with Crippen LogP contribution < -0.4 is 5.73 Å². The van der Waals surface area contributed by atoms with Gasteiger partial charge >= 0.3 is 6.18 Å². The predicted octanol–water partition coefficient (Wildman–Crippen LogP) is 4.55. The maximum atomic E-state index is 13.0. The lowest BCUT2D eigenvalue weighted by Crippen LogP contribution is -2.09. The number of halogens is 4. The van der Waals surface area contributed by atoms with Gasteiger partial charge < -0.3 is 5.73 Å². The van der Waals surface area contributed by atoms with E-state index in [0.717, 1.165) is 16.6 Å². The maximum Gasteiger partial charge on any atom is 0.416 e. The van der Waals surface area contributed by atoms with Crippen molar-refractivity contribution in [1.29, 1.82) is 0 Å². The highest BCUT2D eigenvalue weighted by Crippen LogP contribution is 2.36. The fraction of sp³-hybridized carbons (Fsp3) is 0.308. The summed E-state index contributed by atoms with van der Waals surface area (Å²) in [6.07, 6.45) is -3.63. The molecule has 108 valence electrons. The lowest BCUT2D eigenvalue weighted by Gasteiger charge is -2.13. The topological polar surface area (TPSA) is 38.9 Å². The van der Waals surface area contributed by atoms with Crippen molar-refractivity contribution in [2.24, 2.45) is 0 Å². The zero-order valence-corrected chi connectivity index (χ0v) is 12.2. The number of anilines is 1. The van der Waals surface area contributed by atoms with E-state index in [0.29, 0.717) is 11.6 Å². The van der Waals surface area contributed by atoms with Crippen molar-refractivity contribution < 1.29 is 13.2 Å². The molecule has 0 aliphatic carbocycles. The molecule has 2 rings (SSSR count). The average molecular weight is 321 g/mol. The van der Waals surface area contributed by atoms with Gasteiger partial charge in [0.15, 0.2) is 5.13 Å². The number of hydrogen-bond donors (Lipinski definition) is 1. The first-order chi connectivity index (χ1) is 9.31. The van der Waals surface area contributed by atoms with E-state index < -0.39 is 11.7 Å². The Bertz CT molecular complexity index is 623. The van der Waals surface area contributed by atoms with Crippen LogP contribution >= 0.6 is 22.9 Å². The van der Waals surface area contributed by atoms with Crippen LogP contribution in [0.15, 0.2) is 18.2 Å². The number of thiazole rings is 1. The van der Waals surface area contributed by atoms with E-state index in [-0.39, 0.29) is 17.0 Å². The lowest BCUT2D eigenvalue weighted by molar-refractivity contribution is -0.138. The van der Waals surface area contributed by atoms with Crippen molar-refractivity contribution in [2.45, 2.75) is 25.9 Å². The van der Waals surface area contributed by atoms with Crippen molar-refractivity contribution in [3.8, 4) is 0 Å². The van der Waals surface area contributed by atoms with Gasteiger partial charge in [-0.15, -0.1) is 11.3 Å². The molecule has 2 N–H and O–H groups in total. The van der Waals surface area contributed by atoms with Crippen molar-refractivity contribution >= 4 is 28.1 Å². The highest BCUT2D eigenvalue weighted by atomic mass is 35.5. The molecule has 20 heavy (non-hydrogen) atoms. The molecular formula is C13H12ClF3N2S. The van der Waals surface area contributed by atoms with E-state index in [1.807, 2.05) is 6.92 Å². The molecule has 1 aromatic carbocycles. The zero-order chi connectivity index (χ0) is 14.9. The van der Waals surface area contributed by atoms with Crippen LogP contribution in [0.1, 0.15) is 28.6 Å². The highest BCUT2D eigenvalue weighted by Gasteiger charge is 2.33. The van der Waals surface area contributed by atoms with Gasteiger partial charge in [-0.1, -0.05) is 24.6 Å². The molecule has 0 saturated heterocycles. The number of nitrogens with two attached hydrogens (primary N) is 1. The van der Waals surface area contributed by atoms with Gasteiger partial charge in [-0.3, -0.25) is 0 Å². The molecule has 0 atom stereocenters. The number of nitrogen functional groups attached to an aromatic ring is 1. The minimum absolute atomic E-state index is 0.0700. The molecule has 2 nitrogen and oxygen atoms in total. The number of aromatic nitrogens is 1. The summed E-state index contributed by atoms with van der Waals surface area (Å²) in [5, 5.41) is 0.444. The van der Waals surface area contributed by atoms with Crippen molar-refractivity contribution in [1.82, 2.24) is 4.98 Å². The van der Waals surface area contributed by atoms with Crippen LogP contribution in [-0.4, -0.2) is 4.98 Å². The molecule has 2 aromatic rings. The third-order valence-corrected chi connectivity index (χ3v) is 4.02. The molecule has 0 aliphatic heterocycles. The summed E-state index contributed by atoms with van der Waals surface area (Å²) in [6, 6.07) is 3.82. The molecule has 0 saturated carbocycles. The van der Waals surface area contributed by atoms with Gasteiger partial charge in [-0.2, -0.15) is 13.2 Å². The van der Waals surface area contributed by atoms with Crippen LogP contribution in [0.5, 0.6) is 0 Å². The fourth-order valence-electron chi connectivity index (χ4n) is 1.96. The van der Waals surface area contributed by atoms with Crippen LogP contribution in [0, 0.1) is 0 Å². The number of benzene rings is 1. The Hall–Kier alpha value is -1.27. The minimum atomic E-state index is -4.43. The van der Waals surface area contributed by atoms with Crippen molar-refractivity contribution in [3.63, 3.8) is 0 Å². The molecule has 0 aliphatic rings. The van der Waals surface area contributed by atoms with Gasteiger partial charge in [0.25, 0.3) is 0 Å². The fourth-order valence-corrected chi connectivity index (χ4v) is 3.07. The van der Waals surface area contributed by atoms with E-state index in [4.69, 9.17) is 17.3 Å². The molecular weight excluding hydrogens is 309 g/mol. The Morgan fingerprint density at radius 1 is 1.35 bits per heavy atom. The molecule has 0 bridgehead atoms. The third kappa shape index (κ3) is 3.24. The Kier molecular flexibility index (Phi) is 4.25. The normalized spacial score (nSPS) is 11.8. The van der Waals surface area contributed by atoms with E-state index >= 15 is 0 Å². The molecule has 7 heteroatoms. The number of rotatable bonds is 3. The summed E-state index contributed by atoms with van der Waals surface area (Å²) in [6.45, 7) is 1.89. The second-order valence-corrected chi connectivity index (χ2v) is 5.80. The van der Waals surface area contributed by atoms with Gasteiger partial charge in [0.1, 0.15) is 0 Å². The smallest absolute Gasteiger partial charge is 0.375 e. The van der Waals surface area contributed by atoms with E-state index in [9.17, 15) is 13.2 Å². The van der Waals surface area contributed by atoms with Gasteiger partial charge in [-0.25, -0.2) is 4.98 Å². The summed E-state index contributed by atoms with van der Waals surface area (Å²) < 4.78 is 39.1. The average Bonchev–Trinajstić information content (AvgIpc) is 2.70. The molecule has 0 fully saturated rings. The first kappa shape index (κ1) is 15.1. The summed E-state index contributed by atoms with van der Waals surface area (Å²) in [5.74, 6) is 0. The molecule has 0 amide bonds. The number of hydrogen-bond acceptors (Lipinski definition) is 3. The lowest BCUT2D eigenvalue weighted by atomic mass is 10.0. The first-order valence-corrected chi connectivity index (χ1v) is 7.10. The van der Waals surface area contributed by atoms with Gasteiger partial charge in [0, 0.05) is 16.3 Å². The van der Waals surface area contributed by atoms with Crippen LogP contribution in [0.25, 0.3) is 0 Å². The highest BCUT2D eigenvalue weighted by molar-refractivity contribution is 7.15. The first-order valence-electron chi connectivity index (χ1n) is 5.91. The van der Waals surface area contributed by atoms with Crippen LogP contribution in [0.3, 0.4) is 0 Å². The molecule has 1 heterocycles. The number of aryl methyl sites for hydroxylation is 1. The zero-order valence-electron chi connectivity index (χ0n) is 10.6. The Morgan fingerprint density at radius 3 is 2.65 bits per heavy atom. The van der Waals surface area contributed by atoms with Gasteiger partial charge in [0.05, 0.1) is 11.3 Å². The SMILES string of the molecule is CCc1nc(N)sc1Cc1ccc(Cl)cc1C(F)(F)F.